The molecule has 0 aliphatic heterocycles. The summed E-state index contributed by atoms with van der Waals surface area (Å²) in [5, 5.41) is 3.24. The number of primary amides is 1. The Bertz CT molecular complexity index is 229. The largest absolute Gasteiger partial charge is 0.368 e. The summed E-state index contributed by atoms with van der Waals surface area (Å²) in [7, 11) is 0. The molecule has 5 nitrogen and oxygen atoms in total. The molecule has 0 fully saturated rings. The molecule has 0 saturated carbocycles. The summed E-state index contributed by atoms with van der Waals surface area (Å²) in [4.78, 5) is 23.8. The van der Waals surface area contributed by atoms with Crippen molar-refractivity contribution in [2.24, 2.45) is 5.73 Å². The van der Waals surface area contributed by atoms with Crippen molar-refractivity contribution < 1.29 is 9.59 Å². The number of carbonyl (C=O) groups is 2. The maximum atomic E-state index is 11.6. The smallest absolute Gasteiger partial charge is 0.237 e. The number of likely N-dealkylation sites (N-methyl/N-ethyl adjacent to an activating group) is 1. The van der Waals surface area contributed by atoms with Gasteiger partial charge in [0, 0.05) is 19.0 Å². The zero-order valence-electron chi connectivity index (χ0n) is 10.5. The molecule has 0 rings (SSSR count). The van der Waals surface area contributed by atoms with Gasteiger partial charge in [-0.05, 0) is 19.9 Å². The van der Waals surface area contributed by atoms with Gasteiger partial charge in [-0.1, -0.05) is 13.8 Å². The Morgan fingerprint density at radius 3 is 2.44 bits per heavy atom. The Kier molecular flexibility index (Phi) is 7.54. The number of hydrogen-bond acceptors (Lipinski definition) is 3. The van der Waals surface area contributed by atoms with Crippen LogP contribution in [0.1, 0.15) is 33.6 Å². The summed E-state index contributed by atoms with van der Waals surface area (Å²) in [6.45, 7) is 7.33. The predicted molar refractivity (Wildman–Crippen MR) is 63.8 cm³/mol. The van der Waals surface area contributed by atoms with Gasteiger partial charge in [0.05, 0.1) is 6.54 Å². The molecule has 5 heteroatoms. The Morgan fingerprint density at radius 1 is 1.38 bits per heavy atom. The molecule has 16 heavy (non-hydrogen) atoms. The van der Waals surface area contributed by atoms with Gasteiger partial charge in [0.25, 0.3) is 0 Å². The van der Waals surface area contributed by atoms with Crippen LogP contribution in [0.25, 0.3) is 0 Å². The van der Waals surface area contributed by atoms with Crippen molar-refractivity contribution in [3.63, 3.8) is 0 Å². The van der Waals surface area contributed by atoms with Crippen molar-refractivity contribution in [1.29, 1.82) is 0 Å². The molecule has 0 saturated heterocycles. The van der Waals surface area contributed by atoms with E-state index >= 15 is 0 Å². The highest BCUT2D eigenvalue weighted by Gasteiger charge is 2.12. The second kappa shape index (κ2) is 8.10. The monoisotopic (exact) mass is 229 g/mol. The fourth-order valence-electron chi connectivity index (χ4n) is 1.35. The van der Waals surface area contributed by atoms with E-state index in [2.05, 4.69) is 19.2 Å². The first-order chi connectivity index (χ1) is 7.47. The Morgan fingerprint density at radius 2 is 2.00 bits per heavy atom. The van der Waals surface area contributed by atoms with E-state index in [1.54, 1.807) is 0 Å². The van der Waals surface area contributed by atoms with E-state index in [0.717, 1.165) is 13.0 Å². The van der Waals surface area contributed by atoms with Crippen molar-refractivity contribution in [3.8, 4) is 0 Å². The molecule has 3 N–H and O–H groups in total. The van der Waals surface area contributed by atoms with E-state index in [4.69, 9.17) is 5.73 Å². The number of hydrogen-bond donors (Lipinski definition) is 2. The predicted octanol–water partition coefficient (Wildman–Crippen LogP) is 0.0984. The number of nitrogens with one attached hydrogen (secondary N) is 1. The summed E-state index contributed by atoms with van der Waals surface area (Å²) >= 11 is 0. The molecule has 0 heterocycles. The minimum atomic E-state index is -0.462. The summed E-state index contributed by atoms with van der Waals surface area (Å²) in [6, 6.07) is 0.433. The van der Waals surface area contributed by atoms with Crippen LogP contribution in [0.4, 0.5) is 0 Å². The van der Waals surface area contributed by atoms with Crippen LogP contribution in [0.5, 0.6) is 0 Å². The molecule has 0 aromatic heterocycles. The molecule has 0 spiro atoms. The van der Waals surface area contributed by atoms with Crippen molar-refractivity contribution in [3.05, 3.63) is 0 Å². The zero-order valence-corrected chi connectivity index (χ0v) is 10.5. The van der Waals surface area contributed by atoms with Gasteiger partial charge in [-0.3, -0.25) is 9.59 Å². The van der Waals surface area contributed by atoms with Crippen LogP contribution in [0, 0.1) is 0 Å². The van der Waals surface area contributed by atoms with Crippen LogP contribution in [0.3, 0.4) is 0 Å². The van der Waals surface area contributed by atoms with Gasteiger partial charge < -0.3 is 16.0 Å². The van der Waals surface area contributed by atoms with Crippen LogP contribution >= 0.6 is 0 Å². The van der Waals surface area contributed by atoms with Crippen molar-refractivity contribution in [1.82, 2.24) is 10.2 Å². The number of amides is 2. The molecule has 0 aliphatic rings. The third kappa shape index (κ3) is 7.23. The molecular weight excluding hydrogens is 206 g/mol. The minimum absolute atomic E-state index is 0.00754. The lowest BCUT2D eigenvalue weighted by Gasteiger charge is -2.19. The minimum Gasteiger partial charge on any atom is -0.368 e. The molecule has 0 aromatic carbocycles. The first-order valence-corrected chi connectivity index (χ1v) is 5.76. The van der Waals surface area contributed by atoms with Crippen LogP contribution in [0.15, 0.2) is 0 Å². The topological polar surface area (TPSA) is 75.4 Å². The van der Waals surface area contributed by atoms with E-state index in [1.807, 2.05) is 6.92 Å². The SMILES string of the molecule is CCN(CC(N)=O)C(=O)CCCNC(C)C. The molecular formula is C11H23N3O2. The fraction of sp³-hybridized carbons (Fsp3) is 0.818. The lowest BCUT2D eigenvalue weighted by atomic mass is 10.2. The first-order valence-electron chi connectivity index (χ1n) is 5.76. The third-order valence-corrected chi connectivity index (χ3v) is 2.20. The third-order valence-electron chi connectivity index (χ3n) is 2.20. The van der Waals surface area contributed by atoms with Crippen molar-refractivity contribution in [2.75, 3.05) is 19.6 Å². The average Bonchev–Trinajstić information content (AvgIpc) is 2.20. The maximum Gasteiger partial charge on any atom is 0.237 e. The van der Waals surface area contributed by atoms with Gasteiger partial charge in [-0.2, -0.15) is 0 Å². The van der Waals surface area contributed by atoms with Gasteiger partial charge in [0.15, 0.2) is 0 Å². The molecule has 0 aliphatic carbocycles. The standard InChI is InChI=1S/C11H23N3O2/c1-4-14(8-10(12)15)11(16)6-5-7-13-9(2)3/h9,13H,4-8H2,1-3H3,(H2,12,15). The highest BCUT2D eigenvalue weighted by atomic mass is 16.2. The van der Waals surface area contributed by atoms with Gasteiger partial charge in [0.1, 0.15) is 0 Å². The summed E-state index contributed by atoms with van der Waals surface area (Å²) in [6.07, 6.45) is 1.24. The number of nitrogens with two attached hydrogens (primary N) is 1. The van der Waals surface area contributed by atoms with Gasteiger partial charge in [0.2, 0.25) is 11.8 Å². The second-order valence-electron chi connectivity index (χ2n) is 4.09. The Labute approximate surface area is 97.4 Å². The molecule has 0 radical (unpaired) electrons. The molecule has 94 valence electrons. The fourth-order valence-corrected chi connectivity index (χ4v) is 1.35. The van der Waals surface area contributed by atoms with E-state index in [1.165, 1.54) is 4.90 Å². The van der Waals surface area contributed by atoms with Crippen molar-refractivity contribution >= 4 is 11.8 Å². The van der Waals surface area contributed by atoms with Crippen LogP contribution < -0.4 is 11.1 Å². The van der Waals surface area contributed by atoms with E-state index in [-0.39, 0.29) is 12.5 Å². The highest BCUT2D eigenvalue weighted by molar-refractivity contribution is 5.83. The summed E-state index contributed by atoms with van der Waals surface area (Å²) < 4.78 is 0. The number of nitrogens with zero attached hydrogens (tertiary/aromatic N) is 1. The molecule has 2 amide bonds. The molecule has 0 bridgehead atoms. The first kappa shape index (κ1) is 14.9. The maximum absolute atomic E-state index is 11.6. The number of rotatable bonds is 8. The normalized spacial score (nSPS) is 10.5. The van der Waals surface area contributed by atoms with Gasteiger partial charge in [-0.15, -0.1) is 0 Å². The van der Waals surface area contributed by atoms with Crippen LogP contribution in [0.2, 0.25) is 0 Å². The highest BCUT2D eigenvalue weighted by Crippen LogP contribution is 1.97. The van der Waals surface area contributed by atoms with Crippen molar-refractivity contribution in [2.45, 2.75) is 39.7 Å². The lowest BCUT2D eigenvalue weighted by molar-refractivity contribution is -0.135. The number of carbonyl (C=O) groups excluding carboxylic acids is 2. The van der Waals surface area contributed by atoms with E-state index < -0.39 is 5.91 Å². The lowest BCUT2D eigenvalue weighted by Crippen LogP contribution is -2.38. The van der Waals surface area contributed by atoms with Crippen LogP contribution in [-0.4, -0.2) is 42.4 Å². The average molecular weight is 229 g/mol. The zero-order chi connectivity index (χ0) is 12.6. The van der Waals surface area contributed by atoms with Gasteiger partial charge in [-0.25, -0.2) is 0 Å². The van der Waals surface area contributed by atoms with E-state index in [9.17, 15) is 9.59 Å². The quantitative estimate of drug-likeness (QED) is 0.580. The Balaban J connectivity index is 3.80. The Hall–Kier alpha value is -1.10. The molecule has 0 unspecified atom stereocenters. The molecule has 0 atom stereocenters. The summed E-state index contributed by atoms with van der Waals surface area (Å²) in [5.41, 5.74) is 5.06. The van der Waals surface area contributed by atoms with Crippen LogP contribution in [-0.2, 0) is 9.59 Å². The second-order valence-corrected chi connectivity index (χ2v) is 4.09. The summed E-state index contributed by atoms with van der Waals surface area (Å²) in [5.74, 6) is -0.470. The molecule has 0 aromatic rings. The van der Waals surface area contributed by atoms with Gasteiger partial charge >= 0.3 is 0 Å². The van der Waals surface area contributed by atoms with E-state index in [0.29, 0.717) is 19.0 Å².